The van der Waals surface area contributed by atoms with Crippen molar-refractivity contribution in [2.45, 2.75) is 44.3 Å². The van der Waals surface area contributed by atoms with Gasteiger partial charge in [0.15, 0.2) is 0 Å². The Morgan fingerprint density at radius 1 is 1.56 bits per heavy atom. The van der Waals surface area contributed by atoms with Crippen LogP contribution in [0.3, 0.4) is 0 Å². The van der Waals surface area contributed by atoms with Gasteiger partial charge in [-0.05, 0) is 6.42 Å². The van der Waals surface area contributed by atoms with Crippen LogP contribution < -0.4 is 0 Å². The smallest absolute Gasteiger partial charge is 0.113 e. The van der Waals surface area contributed by atoms with Gasteiger partial charge in [-0.15, -0.1) is 0 Å². The summed E-state index contributed by atoms with van der Waals surface area (Å²) in [5.41, 5.74) is -0.189. The summed E-state index contributed by atoms with van der Waals surface area (Å²) in [6.45, 7) is 2.72. The number of hydrogen-bond donors (Lipinski definition) is 1. The number of rotatable bonds is 3. The summed E-state index contributed by atoms with van der Waals surface area (Å²) in [7, 11) is 0. The average Bonchev–Trinajstić information content (AvgIpc) is 2.31. The van der Waals surface area contributed by atoms with E-state index in [2.05, 4.69) is 16.9 Å². The fourth-order valence-electron chi connectivity index (χ4n) is 2.21. The number of ether oxygens (including phenoxy) is 1. The van der Waals surface area contributed by atoms with Crippen molar-refractivity contribution in [3.63, 3.8) is 0 Å². The summed E-state index contributed by atoms with van der Waals surface area (Å²) in [6, 6.07) is 0. The summed E-state index contributed by atoms with van der Waals surface area (Å²) >= 11 is 0. The largest absolute Gasteiger partial charge is 0.383 e. The summed E-state index contributed by atoms with van der Waals surface area (Å²) in [6.07, 6.45) is 8.32. The summed E-state index contributed by atoms with van der Waals surface area (Å²) in [5, 5.41) is 10.6. The predicted molar refractivity (Wildman–Crippen MR) is 59.8 cm³/mol. The minimum atomic E-state index is -0.855. The molecule has 0 spiro atoms. The predicted octanol–water partition coefficient (Wildman–Crippen LogP) is 1.64. The first-order valence-electron chi connectivity index (χ1n) is 5.85. The van der Waals surface area contributed by atoms with Gasteiger partial charge in [-0.3, -0.25) is 9.97 Å². The number of nitrogens with zero attached hydrogens (tertiary/aromatic N) is 2. The molecule has 1 aliphatic rings. The molecule has 0 amide bonds. The minimum Gasteiger partial charge on any atom is -0.383 e. The third-order valence-corrected chi connectivity index (χ3v) is 3.09. The highest BCUT2D eigenvalue weighted by Gasteiger charge is 2.37. The molecule has 0 aliphatic carbocycles. The van der Waals surface area contributed by atoms with Gasteiger partial charge in [0, 0.05) is 25.2 Å². The number of aromatic nitrogens is 2. The SMILES string of the molecule is CCCC1CC(O)(c2cnccn2)CCO1. The zero-order valence-corrected chi connectivity index (χ0v) is 9.59. The minimum absolute atomic E-state index is 0.144. The molecule has 1 aromatic heterocycles. The fourth-order valence-corrected chi connectivity index (χ4v) is 2.21. The molecule has 0 radical (unpaired) electrons. The molecule has 0 aromatic carbocycles. The molecule has 4 nitrogen and oxygen atoms in total. The van der Waals surface area contributed by atoms with E-state index in [1.54, 1.807) is 18.6 Å². The lowest BCUT2D eigenvalue weighted by atomic mass is 9.86. The number of aliphatic hydroxyl groups is 1. The van der Waals surface area contributed by atoms with Crippen molar-refractivity contribution in [2.75, 3.05) is 6.61 Å². The lowest BCUT2D eigenvalue weighted by Crippen LogP contribution is -2.39. The molecule has 2 unspecified atom stereocenters. The lowest BCUT2D eigenvalue weighted by Gasteiger charge is -2.36. The normalized spacial score (nSPS) is 30.2. The molecular weight excluding hydrogens is 204 g/mol. The van der Waals surface area contributed by atoms with E-state index in [0.717, 1.165) is 12.8 Å². The Hall–Kier alpha value is -1.00. The Labute approximate surface area is 95.7 Å². The van der Waals surface area contributed by atoms with Gasteiger partial charge in [0.25, 0.3) is 0 Å². The van der Waals surface area contributed by atoms with Gasteiger partial charge in [0.05, 0.1) is 24.6 Å². The Kier molecular flexibility index (Phi) is 3.51. The molecule has 1 saturated heterocycles. The Bertz CT molecular complexity index is 329. The Morgan fingerprint density at radius 2 is 2.44 bits per heavy atom. The molecule has 1 aliphatic heterocycles. The van der Waals surface area contributed by atoms with Crippen LogP contribution in [0.1, 0.15) is 38.3 Å². The molecule has 0 saturated carbocycles. The molecule has 1 N–H and O–H groups in total. The topological polar surface area (TPSA) is 55.2 Å². The monoisotopic (exact) mass is 222 g/mol. The second kappa shape index (κ2) is 4.89. The standard InChI is InChI=1S/C12H18N2O2/c1-2-3-10-8-12(15,4-7-16-10)11-9-13-5-6-14-11/h5-6,9-10,15H,2-4,7-8H2,1H3. The second-order valence-corrected chi connectivity index (χ2v) is 4.36. The highest BCUT2D eigenvalue weighted by atomic mass is 16.5. The maximum absolute atomic E-state index is 10.6. The third-order valence-electron chi connectivity index (χ3n) is 3.09. The number of hydrogen-bond acceptors (Lipinski definition) is 4. The first kappa shape index (κ1) is 11.5. The maximum atomic E-state index is 10.6. The van der Waals surface area contributed by atoms with Gasteiger partial charge in [0.2, 0.25) is 0 Å². The second-order valence-electron chi connectivity index (χ2n) is 4.36. The van der Waals surface area contributed by atoms with Crippen LogP contribution >= 0.6 is 0 Å². The maximum Gasteiger partial charge on any atom is 0.113 e. The zero-order chi connectivity index (χ0) is 11.4. The van der Waals surface area contributed by atoms with Crippen molar-refractivity contribution in [3.05, 3.63) is 24.3 Å². The first-order valence-corrected chi connectivity index (χ1v) is 5.85. The van der Waals surface area contributed by atoms with Crippen molar-refractivity contribution in [1.82, 2.24) is 9.97 Å². The van der Waals surface area contributed by atoms with Gasteiger partial charge in [-0.1, -0.05) is 13.3 Å². The zero-order valence-electron chi connectivity index (χ0n) is 9.59. The van der Waals surface area contributed by atoms with E-state index in [-0.39, 0.29) is 6.10 Å². The van der Waals surface area contributed by atoms with Crippen LogP contribution in [-0.2, 0) is 10.3 Å². The summed E-state index contributed by atoms with van der Waals surface area (Å²) in [5.74, 6) is 0. The van der Waals surface area contributed by atoms with Crippen LogP contribution in [0, 0.1) is 0 Å². The molecule has 2 atom stereocenters. The van der Waals surface area contributed by atoms with Crippen LogP contribution in [-0.4, -0.2) is 27.8 Å². The Balaban J connectivity index is 2.12. The van der Waals surface area contributed by atoms with Gasteiger partial charge >= 0.3 is 0 Å². The lowest BCUT2D eigenvalue weighted by molar-refractivity contribution is -0.112. The highest BCUT2D eigenvalue weighted by Crippen LogP contribution is 2.34. The van der Waals surface area contributed by atoms with Crippen LogP contribution in [0.15, 0.2) is 18.6 Å². The molecule has 1 fully saturated rings. The van der Waals surface area contributed by atoms with E-state index in [0.29, 0.717) is 25.1 Å². The quantitative estimate of drug-likeness (QED) is 0.844. The van der Waals surface area contributed by atoms with Crippen molar-refractivity contribution in [2.24, 2.45) is 0 Å². The van der Waals surface area contributed by atoms with Crippen LogP contribution in [0.5, 0.6) is 0 Å². The highest BCUT2D eigenvalue weighted by molar-refractivity contribution is 5.09. The van der Waals surface area contributed by atoms with Crippen molar-refractivity contribution >= 4 is 0 Å². The molecule has 4 heteroatoms. The fraction of sp³-hybridized carbons (Fsp3) is 0.667. The first-order chi connectivity index (χ1) is 7.74. The van der Waals surface area contributed by atoms with E-state index >= 15 is 0 Å². The van der Waals surface area contributed by atoms with Gasteiger partial charge in [0.1, 0.15) is 5.60 Å². The van der Waals surface area contributed by atoms with E-state index < -0.39 is 5.60 Å². The van der Waals surface area contributed by atoms with E-state index in [1.807, 2.05) is 0 Å². The van der Waals surface area contributed by atoms with Crippen LogP contribution in [0.2, 0.25) is 0 Å². The molecule has 16 heavy (non-hydrogen) atoms. The molecule has 0 bridgehead atoms. The van der Waals surface area contributed by atoms with Crippen molar-refractivity contribution in [3.8, 4) is 0 Å². The van der Waals surface area contributed by atoms with Gasteiger partial charge < -0.3 is 9.84 Å². The van der Waals surface area contributed by atoms with E-state index in [9.17, 15) is 5.11 Å². The Morgan fingerprint density at radius 3 is 3.12 bits per heavy atom. The molecular formula is C12H18N2O2. The van der Waals surface area contributed by atoms with Gasteiger partial charge in [-0.2, -0.15) is 0 Å². The van der Waals surface area contributed by atoms with Crippen molar-refractivity contribution < 1.29 is 9.84 Å². The van der Waals surface area contributed by atoms with Crippen molar-refractivity contribution in [1.29, 1.82) is 0 Å². The van der Waals surface area contributed by atoms with E-state index in [1.165, 1.54) is 0 Å². The van der Waals surface area contributed by atoms with Gasteiger partial charge in [-0.25, -0.2) is 0 Å². The molecule has 1 aromatic rings. The molecule has 2 heterocycles. The third kappa shape index (κ3) is 2.39. The summed E-state index contributed by atoms with van der Waals surface area (Å²) < 4.78 is 5.63. The molecule has 88 valence electrons. The summed E-state index contributed by atoms with van der Waals surface area (Å²) in [4.78, 5) is 8.21. The van der Waals surface area contributed by atoms with Crippen LogP contribution in [0.4, 0.5) is 0 Å². The molecule has 2 rings (SSSR count). The van der Waals surface area contributed by atoms with E-state index in [4.69, 9.17) is 4.74 Å². The average molecular weight is 222 g/mol. The van der Waals surface area contributed by atoms with Crippen LogP contribution in [0.25, 0.3) is 0 Å².